The van der Waals surface area contributed by atoms with Crippen LogP contribution in [0.2, 0.25) is 0 Å². The van der Waals surface area contributed by atoms with Crippen LogP contribution in [0, 0.1) is 6.92 Å². The van der Waals surface area contributed by atoms with Crippen LogP contribution in [0.3, 0.4) is 0 Å². The van der Waals surface area contributed by atoms with E-state index < -0.39 is 11.0 Å². The minimum absolute atomic E-state index is 0.0892. The van der Waals surface area contributed by atoms with Gasteiger partial charge >= 0.3 is 6.18 Å². The molecule has 1 aromatic heterocycles. The van der Waals surface area contributed by atoms with Crippen molar-refractivity contribution in [2.45, 2.75) is 24.5 Å². The first-order chi connectivity index (χ1) is 7.30. The third-order valence-electron chi connectivity index (χ3n) is 2.23. The Balaban J connectivity index is 2.48. The largest absolute Gasteiger partial charge is 0.469 e. The number of alkyl halides is 4. The smallest absolute Gasteiger partial charge is 0.402 e. The molecular formula is C10H13BrF3NO. The molecule has 0 N–H and O–H groups in total. The number of hydrogen-bond donors (Lipinski definition) is 0. The minimum Gasteiger partial charge on any atom is -0.469 e. The molecule has 0 saturated carbocycles. The predicted molar refractivity (Wildman–Crippen MR) is 58.5 cm³/mol. The van der Waals surface area contributed by atoms with Gasteiger partial charge in [-0.3, -0.25) is 0 Å². The van der Waals surface area contributed by atoms with Gasteiger partial charge in [0.05, 0.1) is 6.26 Å². The molecule has 1 heterocycles. The van der Waals surface area contributed by atoms with E-state index in [2.05, 4.69) is 15.9 Å². The van der Waals surface area contributed by atoms with Gasteiger partial charge in [-0.1, -0.05) is 15.9 Å². The van der Waals surface area contributed by atoms with Gasteiger partial charge in [-0.2, -0.15) is 13.2 Å². The molecule has 1 unspecified atom stereocenters. The first-order valence-corrected chi connectivity index (χ1v) is 5.64. The molecule has 0 aliphatic rings. The lowest BCUT2D eigenvalue weighted by molar-refractivity contribution is -0.130. The molecule has 0 aliphatic heterocycles. The summed E-state index contributed by atoms with van der Waals surface area (Å²) in [5.74, 6) is 0.741. The maximum absolute atomic E-state index is 12.3. The molecule has 1 aromatic rings. The number of rotatable bonds is 4. The van der Waals surface area contributed by atoms with E-state index in [9.17, 15) is 13.2 Å². The summed E-state index contributed by atoms with van der Waals surface area (Å²) in [6, 6.07) is 1.77. The van der Waals surface area contributed by atoms with Gasteiger partial charge < -0.3 is 9.32 Å². The van der Waals surface area contributed by atoms with Crippen LogP contribution in [-0.4, -0.2) is 29.5 Å². The van der Waals surface area contributed by atoms with Crippen molar-refractivity contribution in [3.8, 4) is 0 Å². The van der Waals surface area contributed by atoms with Crippen LogP contribution in [0.25, 0.3) is 0 Å². The number of halogens is 4. The number of hydrogen-bond acceptors (Lipinski definition) is 2. The Hall–Kier alpha value is -0.490. The van der Waals surface area contributed by atoms with E-state index in [1.54, 1.807) is 24.9 Å². The summed E-state index contributed by atoms with van der Waals surface area (Å²) in [4.78, 5) is 0.0994. The zero-order valence-electron chi connectivity index (χ0n) is 9.01. The van der Waals surface area contributed by atoms with Gasteiger partial charge in [-0.05, 0) is 20.0 Å². The lowest BCUT2D eigenvalue weighted by atomic mass is 10.2. The van der Waals surface area contributed by atoms with Crippen molar-refractivity contribution in [1.29, 1.82) is 0 Å². The molecule has 0 radical (unpaired) electrons. The Bertz CT molecular complexity index is 337. The minimum atomic E-state index is -4.21. The summed E-state index contributed by atoms with van der Waals surface area (Å²) >= 11 is 2.63. The van der Waals surface area contributed by atoms with Crippen LogP contribution < -0.4 is 0 Å². The van der Waals surface area contributed by atoms with Crippen molar-refractivity contribution >= 4 is 15.9 Å². The summed E-state index contributed by atoms with van der Waals surface area (Å²) in [6.07, 6.45) is -2.67. The Morgan fingerprint density at radius 2 is 2.12 bits per heavy atom. The molecule has 0 amide bonds. The highest BCUT2D eigenvalue weighted by Crippen LogP contribution is 2.27. The average Bonchev–Trinajstić information content (AvgIpc) is 2.50. The zero-order valence-corrected chi connectivity index (χ0v) is 10.6. The number of furan rings is 1. The van der Waals surface area contributed by atoms with E-state index in [1.165, 1.54) is 6.26 Å². The Labute approximate surface area is 101 Å². The second kappa shape index (κ2) is 5.23. The monoisotopic (exact) mass is 299 g/mol. The van der Waals surface area contributed by atoms with E-state index in [-0.39, 0.29) is 6.54 Å². The topological polar surface area (TPSA) is 16.4 Å². The lowest BCUT2D eigenvalue weighted by Crippen LogP contribution is -2.35. The van der Waals surface area contributed by atoms with Crippen molar-refractivity contribution in [2.75, 3.05) is 13.6 Å². The van der Waals surface area contributed by atoms with E-state index in [4.69, 9.17) is 4.42 Å². The van der Waals surface area contributed by atoms with Gasteiger partial charge in [0, 0.05) is 18.7 Å². The Morgan fingerprint density at radius 1 is 1.50 bits per heavy atom. The van der Waals surface area contributed by atoms with Crippen LogP contribution in [0.15, 0.2) is 16.7 Å². The third-order valence-corrected chi connectivity index (χ3v) is 3.04. The molecule has 0 spiro atoms. The maximum Gasteiger partial charge on any atom is 0.402 e. The first-order valence-electron chi connectivity index (χ1n) is 4.73. The standard InChI is InChI=1S/C10H13BrF3NO/c1-7-8(3-4-16-7)5-15(2)6-9(11)10(12,13)14/h3-4,9H,5-6H2,1-2H3. The van der Waals surface area contributed by atoms with Gasteiger partial charge in [0.1, 0.15) is 10.6 Å². The average molecular weight is 300 g/mol. The van der Waals surface area contributed by atoms with Crippen LogP contribution in [-0.2, 0) is 6.54 Å². The zero-order chi connectivity index (χ0) is 12.3. The molecule has 16 heavy (non-hydrogen) atoms. The SMILES string of the molecule is Cc1occc1CN(C)CC(Br)C(F)(F)F. The molecule has 0 bridgehead atoms. The van der Waals surface area contributed by atoms with E-state index >= 15 is 0 Å². The fourth-order valence-corrected chi connectivity index (χ4v) is 1.80. The summed E-state index contributed by atoms with van der Waals surface area (Å²) < 4.78 is 41.9. The molecule has 0 aliphatic carbocycles. The fraction of sp³-hybridized carbons (Fsp3) is 0.600. The Kier molecular flexibility index (Phi) is 4.43. The van der Waals surface area contributed by atoms with E-state index in [0.29, 0.717) is 6.54 Å². The Morgan fingerprint density at radius 3 is 2.56 bits per heavy atom. The van der Waals surface area contributed by atoms with Gasteiger partial charge in [-0.15, -0.1) is 0 Å². The molecule has 1 rings (SSSR count). The quantitative estimate of drug-likeness (QED) is 0.793. The van der Waals surface area contributed by atoms with Crippen molar-refractivity contribution in [1.82, 2.24) is 4.90 Å². The molecule has 2 nitrogen and oxygen atoms in total. The summed E-state index contributed by atoms with van der Waals surface area (Å²) in [6.45, 7) is 2.15. The van der Waals surface area contributed by atoms with Gasteiger partial charge in [0.15, 0.2) is 0 Å². The number of aryl methyl sites for hydroxylation is 1. The normalized spacial score (nSPS) is 14.4. The van der Waals surface area contributed by atoms with Gasteiger partial charge in [0.2, 0.25) is 0 Å². The fourth-order valence-electron chi connectivity index (χ4n) is 1.31. The predicted octanol–water partition coefficient (Wildman–Crippen LogP) is 3.35. The van der Waals surface area contributed by atoms with Crippen LogP contribution in [0.4, 0.5) is 13.2 Å². The maximum atomic E-state index is 12.3. The second-order valence-corrected chi connectivity index (χ2v) is 4.81. The molecule has 6 heteroatoms. The van der Waals surface area contributed by atoms with Crippen LogP contribution in [0.5, 0.6) is 0 Å². The highest BCUT2D eigenvalue weighted by atomic mass is 79.9. The summed E-state index contributed by atoms with van der Waals surface area (Å²) in [5, 5.41) is 0. The van der Waals surface area contributed by atoms with Gasteiger partial charge in [-0.25, -0.2) is 0 Å². The molecular weight excluding hydrogens is 287 g/mol. The second-order valence-electron chi connectivity index (χ2n) is 3.71. The van der Waals surface area contributed by atoms with Crippen molar-refractivity contribution in [3.05, 3.63) is 23.7 Å². The molecule has 1 atom stereocenters. The highest BCUT2D eigenvalue weighted by molar-refractivity contribution is 9.09. The lowest BCUT2D eigenvalue weighted by Gasteiger charge is -2.21. The van der Waals surface area contributed by atoms with Gasteiger partial charge in [0.25, 0.3) is 0 Å². The van der Waals surface area contributed by atoms with E-state index in [1.807, 2.05) is 0 Å². The van der Waals surface area contributed by atoms with Crippen molar-refractivity contribution in [3.63, 3.8) is 0 Å². The van der Waals surface area contributed by atoms with Crippen molar-refractivity contribution in [2.24, 2.45) is 0 Å². The molecule has 0 aromatic carbocycles. The molecule has 92 valence electrons. The third kappa shape index (κ3) is 3.83. The number of nitrogens with zero attached hydrogens (tertiary/aromatic N) is 1. The molecule has 0 fully saturated rings. The van der Waals surface area contributed by atoms with Crippen LogP contribution >= 0.6 is 15.9 Å². The van der Waals surface area contributed by atoms with Crippen molar-refractivity contribution < 1.29 is 17.6 Å². The summed E-state index contributed by atoms with van der Waals surface area (Å²) in [5.41, 5.74) is 0.907. The highest BCUT2D eigenvalue weighted by Gasteiger charge is 2.38. The first kappa shape index (κ1) is 13.6. The molecule has 0 saturated heterocycles. The van der Waals surface area contributed by atoms with E-state index in [0.717, 1.165) is 11.3 Å². The van der Waals surface area contributed by atoms with Crippen LogP contribution in [0.1, 0.15) is 11.3 Å². The summed E-state index contributed by atoms with van der Waals surface area (Å²) in [7, 11) is 1.65.